The number of carbonyl (C=O) groups excluding carboxylic acids is 1. The van der Waals surface area contributed by atoms with Gasteiger partial charge in [0.1, 0.15) is 0 Å². The summed E-state index contributed by atoms with van der Waals surface area (Å²) in [4.78, 5) is 14.1. The second-order valence-electron chi connectivity index (χ2n) is 4.60. The first kappa shape index (κ1) is 29.9. The maximum absolute atomic E-state index is 12.3. The largest absolute Gasteiger partial charge is 1.00 e. The van der Waals surface area contributed by atoms with Crippen LogP contribution in [0.1, 0.15) is 48.2 Å². The van der Waals surface area contributed by atoms with Crippen LogP contribution in [0.15, 0.2) is 18.2 Å². The molecule has 1 aliphatic rings. The van der Waals surface area contributed by atoms with Crippen molar-refractivity contribution < 1.29 is 117 Å². The van der Waals surface area contributed by atoms with Crippen LogP contribution in [0.25, 0.3) is 5.32 Å². The van der Waals surface area contributed by atoms with Gasteiger partial charge in [0.25, 0.3) is 0 Å². The number of unbranched alkanes of at least 4 members (excludes halogenated alkanes) is 1. The molecule has 0 spiro atoms. The van der Waals surface area contributed by atoms with E-state index >= 15 is 0 Å². The summed E-state index contributed by atoms with van der Waals surface area (Å²) in [5.41, 5.74) is 2.85. The zero-order chi connectivity index (χ0) is 15.0. The molecule has 121 valence electrons. The molecule has 23 heavy (non-hydrogen) atoms. The quantitative estimate of drug-likeness (QED) is 0.351. The van der Waals surface area contributed by atoms with Crippen molar-refractivity contribution in [1.82, 2.24) is 4.90 Å². The van der Waals surface area contributed by atoms with E-state index < -0.39 is 0 Å². The number of rotatable bonds is 5. The number of hydrogen-bond acceptors (Lipinski definition) is 1. The fourth-order valence-corrected chi connectivity index (χ4v) is 2.21. The SMILES string of the molecule is CC.[CH2-]c1ccc2c(c1)C(=O)N([CH-]CCC[N-]C)CC2.[Rb+].[W].[Y]. The fourth-order valence-electron chi connectivity index (χ4n) is 2.21. The van der Waals surface area contributed by atoms with Crippen molar-refractivity contribution in [3.8, 4) is 0 Å². The average molecular weight is 632 g/mol. The Kier molecular flexibility index (Phi) is 22.8. The van der Waals surface area contributed by atoms with Crippen LogP contribution in [-0.2, 0) is 60.2 Å². The van der Waals surface area contributed by atoms with E-state index in [2.05, 4.69) is 12.2 Å². The van der Waals surface area contributed by atoms with Crippen molar-refractivity contribution in [3.63, 3.8) is 0 Å². The van der Waals surface area contributed by atoms with Crippen LogP contribution in [0.4, 0.5) is 0 Å². The van der Waals surface area contributed by atoms with Crippen LogP contribution in [0.3, 0.4) is 0 Å². The van der Waals surface area contributed by atoms with Gasteiger partial charge < -0.3 is 10.2 Å². The molecule has 1 amide bonds. The Morgan fingerprint density at radius 2 is 2.00 bits per heavy atom. The minimum Gasteiger partial charge on any atom is -0.665 e. The van der Waals surface area contributed by atoms with E-state index in [0.717, 1.165) is 49.0 Å². The Bertz CT molecular complexity index is 447. The molecule has 1 aliphatic heterocycles. The van der Waals surface area contributed by atoms with Gasteiger partial charge in [-0.15, -0.1) is 6.07 Å². The third-order valence-electron chi connectivity index (χ3n) is 3.22. The molecule has 1 radical (unpaired) electrons. The standard InChI is InChI=1S/C15H19N2O.C2H6.Rb.W.Y/c1-12-5-6-13-7-10-17(9-4-3-8-16-2)15(18)14(13)11-12;1-2;;;/h5-6,9,11H,1,3-4,7-8,10H2,2H3;1-2H3;;;/q-3;;+1;;. The van der Waals surface area contributed by atoms with Gasteiger partial charge in [-0.1, -0.05) is 25.8 Å². The van der Waals surface area contributed by atoms with Crippen molar-refractivity contribution in [1.29, 1.82) is 0 Å². The van der Waals surface area contributed by atoms with Crippen molar-refractivity contribution in [2.45, 2.75) is 33.1 Å². The van der Waals surface area contributed by atoms with Crippen molar-refractivity contribution >= 4 is 5.91 Å². The second-order valence-corrected chi connectivity index (χ2v) is 4.60. The van der Waals surface area contributed by atoms with Gasteiger partial charge in [0.2, 0.25) is 5.91 Å². The van der Waals surface area contributed by atoms with Crippen molar-refractivity contribution in [2.75, 3.05) is 20.1 Å². The van der Waals surface area contributed by atoms with Gasteiger partial charge in [-0.05, 0) is 18.5 Å². The van der Waals surface area contributed by atoms with Gasteiger partial charge in [-0.3, -0.25) is 4.79 Å². The van der Waals surface area contributed by atoms with Gasteiger partial charge in [0.15, 0.2) is 0 Å². The number of carbonyl (C=O) groups is 1. The van der Waals surface area contributed by atoms with Crippen LogP contribution < -0.4 is 58.2 Å². The summed E-state index contributed by atoms with van der Waals surface area (Å²) in [7, 11) is 1.82. The maximum atomic E-state index is 12.3. The fraction of sp³-hybridized carbons (Fsp3) is 0.471. The molecular weight excluding hydrogens is 606 g/mol. The van der Waals surface area contributed by atoms with E-state index in [0.29, 0.717) is 0 Å². The van der Waals surface area contributed by atoms with Gasteiger partial charge in [0.05, 0.1) is 0 Å². The van der Waals surface area contributed by atoms with Crippen LogP contribution in [0.2, 0.25) is 0 Å². The molecule has 0 unspecified atom stereocenters. The minimum absolute atomic E-state index is 0. The third kappa shape index (κ3) is 10.1. The predicted molar refractivity (Wildman–Crippen MR) is 84.7 cm³/mol. The molecule has 3 nitrogen and oxygen atoms in total. The molecule has 0 N–H and O–H groups in total. The first-order chi connectivity index (χ1) is 9.72. The molecule has 0 aliphatic carbocycles. The molecule has 0 atom stereocenters. The topological polar surface area (TPSA) is 34.4 Å². The number of benzene rings is 1. The normalized spacial score (nSPS) is 11.8. The Morgan fingerprint density at radius 1 is 1.35 bits per heavy atom. The van der Waals surface area contributed by atoms with E-state index in [-0.39, 0.29) is 118 Å². The number of amides is 1. The smallest absolute Gasteiger partial charge is 0.665 e. The predicted octanol–water partition coefficient (Wildman–Crippen LogP) is 0.838. The van der Waals surface area contributed by atoms with Crippen LogP contribution in [-0.4, -0.2) is 30.9 Å². The Morgan fingerprint density at radius 3 is 2.61 bits per heavy atom. The minimum atomic E-state index is 0. The van der Waals surface area contributed by atoms with E-state index in [1.807, 2.05) is 50.5 Å². The molecule has 1 aromatic rings. The monoisotopic (exact) mass is 631 g/mol. The van der Waals surface area contributed by atoms with Crippen LogP contribution in [0.5, 0.6) is 0 Å². The number of hydrogen-bond donors (Lipinski definition) is 0. The molecule has 1 heterocycles. The molecule has 6 heteroatoms. The zero-order valence-electron chi connectivity index (χ0n) is 14.8. The van der Waals surface area contributed by atoms with Gasteiger partial charge in [-0.2, -0.15) is 44.6 Å². The molecule has 0 aromatic heterocycles. The molecule has 2 rings (SSSR count). The maximum Gasteiger partial charge on any atom is 1.00 e. The Hall–Kier alpha value is 2.12. The van der Waals surface area contributed by atoms with Gasteiger partial charge in [-0.25, -0.2) is 6.54 Å². The summed E-state index contributed by atoms with van der Waals surface area (Å²) in [6.07, 6.45) is 2.83. The summed E-state index contributed by atoms with van der Waals surface area (Å²) in [6.45, 7) is 11.5. The summed E-state index contributed by atoms with van der Waals surface area (Å²) in [6, 6.07) is 5.87. The Balaban J connectivity index is -0.000000770. The van der Waals surface area contributed by atoms with E-state index in [4.69, 9.17) is 0 Å². The third-order valence-corrected chi connectivity index (χ3v) is 3.22. The zero-order valence-corrected chi connectivity index (χ0v) is 25.5. The van der Waals surface area contributed by atoms with Crippen LogP contribution >= 0.6 is 0 Å². The van der Waals surface area contributed by atoms with E-state index in [9.17, 15) is 4.79 Å². The van der Waals surface area contributed by atoms with Crippen molar-refractivity contribution in [2.24, 2.45) is 0 Å². The molecule has 0 fully saturated rings. The summed E-state index contributed by atoms with van der Waals surface area (Å²) in [5.74, 6) is 0.107. The van der Waals surface area contributed by atoms with Crippen LogP contribution in [0, 0.1) is 13.5 Å². The van der Waals surface area contributed by atoms with Crippen molar-refractivity contribution in [3.05, 3.63) is 53.7 Å². The summed E-state index contributed by atoms with van der Waals surface area (Å²) < 4.78 is 0. The number of nitrogens with zero attached hydrogens (tertiary/aromatic N) is 2. The van der Waals surface area contributed by atoms with E-state index in [1.54, 1.807) is 0 Å². The molecular formula is C17H25N2ORbWY-2. The molecule has 0 bridgehead atoms. The Labute approximate surface area is 230 Å². The average Bonchev–Trinajstić information content (AvgIpc) is 2.48. The first-order valence-corrected chi connectivity index (χ1v) is 7.37. The van der Waals surface area contributed by atoms with Gasteiger partial charge >= 0.3 is 58.2 Å². The number of fused-ring (bicyclic) bond motifs is 1. The van der Waals surface area contributed by atoms with Gasteiger partial charge in [0, 0.05) is 53.8 Å². The molecule has 1 aromatic carbocycles. The molecule has 0 saturated carbocycles. The first-order valence-electron chi connectivity index (χ1n) is 7.37. The second kappa shape index (κ2) is 17.5. The summed E-state index contributed by atoms with van der Waals surface area (Å²) in [5, 5.41) is 4.05. The molecule has 0 saturated heterocycles. The van der Waals surface area contributed by atoms with E-state index in [1.165, 1.54) is 0 Å². The summed E-state index contributed by atoms with van der Waals surface area (Å²) >= 11 is 0.